The molecule has 1 saturated heterocycles. The Kier molecular flexibility index (Phi) is 6.90. The molecule has 3 aromatic rings. The van der Waals surface area contributed by atoms with E-state index in [1.165, 1.54) is 12.1 Å². The number of nitrogens with zero attached hydrogens (tertiary/aromatic N) is 2. The third-order valence-electron chi connectivity index (χ3n) is 5.50. The number of rotatable bonds is 7. The Bertz CT molecular complexity index is 1030. The van der Waals surface area contributed by atoms with Crippen LogP contribution in [-0.2, 0) is 6.61 Å². The molecule has 5 nitrogen and oxygen atoms in total. The highest BCUT2D eigenvalue weighted by Gasteiger charge is 2.23. The Morgan fingerprint density at radius 1 is 0.906 bits per heavy atom. The Balaban J connectivity index is 1.43. The monoisotopic (exact) mass is 434 g/mol. The molecule has 0 radical (unpaired) electrons. The third-order valence-corrected chi connectivity index (χ3v) is 5.50. The van der Waals surface area contributed by atoms with E-state index in [0.29, 0.717) is 45.0 Å². The number of ether oxygens (including phenoxy) is 2. The molecule has 3 aromatic carbocycles. The molecule has 32 heavy (non-hydrogen) atoms. The summed E-state index contributed by atoms with van der Waals surface area (Å²) in [5.41, 5.74) is 2.43. The molecule has 166 valence electrons. The molecule has 0 aromatic heterocycles. The maximum atomic E-state index is 13.2. The number of amides is 1. The standard InChI is InChI=1S/C26H27FN2O3/c1-2-31-25-13-8-20(18-21(25)19-32-24-6-4-3-5-7-24)26(30)29-16-14-28(15-17-29)23-11-9-22(27)10-12-23/h3-13,18H,2,14-17,19H2,1H3. The fourth-order valence-electron chi connectivity index (χ4n) is 3.80. The molecule has 1 heterocycles. The number of anilines is 1. The van der Waals surface area contributed by atoms with Gasteiger partial charge < -0.3 is 19.3 Å². The zero-order valence-electron chi connectivity index (χ0n) is 18.2. The molecule has 0 spiro atoms. The number of benzene rings is 3. The fourth-order valence-corrected chi connectivity index (χ4v) is 3.80. The van der Waals surface area contributed by atoms with E-state index >= 15 is 0 Å². The van der Waals surface area contributed by atoms with Crippen LogP contribution in [0.1, 0.15) is 22.8 Å². The van der Waals surface area contributed by atoms with Gasteiger partial charge in [0.25, 0.3) is 5.91 Å². The maximum Gasteiger partial charge on any atom is 0.253 e. The Morgan fingerprint density at radius 2 is 1.62 bits per heavy atom. The van der Waals surface area contributed by atoms with Crippen LogP contribution in [0.2, 0.25) is 0 Å². The first kappa shape index (κ1) is 21.7. The minimum atomic E-state index is -0.245. The van der Waals surface area contributed by atoms with Gasteiger partial charge in [-0.05, 0) is 61.5 Å². The van der Waals surface area contributed by atoms with Crippen molar-refractivity contribution in [2.75, 3.05) is 37.7 Å². The maximum absolute atomic E-state index is 13.2. The largest absolute Gasteiger partial charge is 0.493 e. The second-order valence-electron chi connectivity index (χ2n) is 7.61. The summed E-state index contributed by atoms with van der Waals surface area (Å²) in [5, 5.41) is 0. The number of hydrogen-bond acceptors (Lipinski definition) is 4. The van der Waals surface area contributed by atoms with E-state index in [-0.39, 0.29) is 11.7 Å². The lowest BCUT2D eigenvalue weighted by atomic mass is 10.1. The molecule has 0 unspecified atom stereocenters. The van der Waals surface area contributed by atoms with Crippen molar-refractivity contribution in [3.8, 4) is 11.5 Å². The molecule has 0 N–H and O–H groups in total. The van der Waals surface area contributed by atoms with Gasteiger partial charge in [-0.15, -0.1) is 0 Å². The predicted octanol–water partition coefficient (Wildman–Crippen LogP) is 4.77. The van der Waals surface area contributed by atoms with E-state index in [2.05, 4.69) is 4.90 Å². The third kappa shape index (κ3) is 5.19. The summed E-state index contributed by atoms with van der Waals surface area (Å²) in [4.78, 5) is 17.2. The van der Waals surface area contributed by atoms with Gasteiger partial charge in [0.05, 0.1) is 6.61 Å². The molecule has 1 aliphatic rings. The number of para-hydroxylation sites is 1. The number of hydrogen-bond donors (Lipinski definition) is 0. The van der Waals surface area contributed by atoms with E-state index in [4.69, 9.17) is 9.47 Å². The first-order valence-electron chi connectivity index (χ1n) is 10.9. The quantitative estimate of drug-likeness (QED) is 0.537. The summed E-state index contributed by atoms with van der Waals surface area (Å²) < 4.78 is 24.8. The SMILES string of the molecule is CCOc1ccc(C(=O)N2CCN(c3ccc(F)cc3)CC2)cc1COc1ccccc1. The highest BCUT2D eigenvalue weighted by atomic mass is 19.1. The van der Waals surface area contributed by atoms with Crippen LogP contribution in [0.3, 0.4) is 0 Å². The zero-order chi connectivity index (χ0) is 22.3. The van der Waals surface area contributed by atoms with Gasteiger partial charge in [-0.25, -0.2) is 4.39 Å². The summed E-state index contributed by atoms with van der Waals surface area (Å²) in [7, 11) is 0. The molecular formula is C26H27FN2O3. The highest BCUT2D eigenvalue weighted by molar-refractivity contribution is 5.94. The zero-order valence-corrected chi connectivity index (χ0v) is 18.2. The van der Waals surface area contributed by atoms with Crippen LogP contribution in [0, 0.1) is 5.82 Å². The predicted molar refractivity (Wildman–Crippen MR) is 123 cm³/mol. The van der Waals surface area contributed by atoms with E-state index < -0.39 is 0 Å². The molecule has 1 amide bonds. The van der Waals surface area contributed by atoms with Crippen molar-refractivity contribution in [1.29, 1.82) is 0 Å². The van der Waals surface area contributed by atoms with Crippen LogP contribution in [0.25, 0.3) is 0 Å². The van der Waals surface area contributed by atoms with Crippen molar-refractivity contribution in [1.82, 2.24) is 4.90 Å². The number of halogens is 1. The molecule has 0 saturated carbocycles. The molecular weight excluding hydrogens is 407 g/mol. The van der Waals surface area contributed by atoms with Gasteiger partial charge in [0, 0.05) is 43.0 Å². The van der Waals surface area contributed by atoms with Crippen molar-refractivity contribution in [2.24, 2.45) is 0 Å². The normalized spacial score (nSPS) is 13.7. The van der Waals surface area contributed by atoms with Crippen molar-refractivity contribution >= 4 is 11.6 Å². The summed E-state index contributed by atoms with van der Waals surface area (Å²) in [6.07, 6.45) is 0. The molecule has 4 rings (SSSR count). The summed E-state index contributed by atoms with van der Waals surface area (Å²) in [6, 6.07) is 21.6. The van der Waals surface area contributed by atoms with Crippen LogP contribution in [0.5, 0.6) is 11.5 Å². The summed E-state index contributed by atoms with van der Waals surface area (Å²) in [5.74, 6) is 1.24. The molecule has 1 fully saturated rings. The van der Waals surface area contributed by atoms with Gasteiger partial charge in [0.15, 0.2) is 0 Å². The van der Waals surface area contributed by atoms with Gasteiger partial charge >= 0.3 is 0 Å². The highest BCUT2D eigenvalue weighted by Crippen LogP contribution is 2.24. The summed E-state index contributed by atoms with van der Waals surface area (Å²) in [6.45, 7) is 5.42. The lowest BCUT2D eigenvalue weighted by Gasteiger charge is -2.36. The smallest absolute Gasteiger partial charge is 0.253 e. The molecule has 0 atom stereocenters. The van der Waals surface area contributed by atoms with Crippen LogP contribution >= 0.6 is 0 Å². The van der Waals surface area contributed by atoms with Gasteiger partial charge in [-0.1, -0.05) is 18.2 Å². The van der Waals surface area contributed by atoms with Gasteiger partial charge in [0.2, 0.25) is 0 Å². The second kappa shape index (κ2) is 10.2. The van der Waals surface area contributed by atoms with E-state index in [1.807, 2.05) is 60.4 Å². The minimum Gasteiger partial charge on any atom is -0.493 e. The van der Waals surface area contributed by atoms with Crippen LogP contribution in [0.4, 0.5) is 10.1 Å². The van der Waals surface area contributed by atoms with Crippen LogP contribution in [0.15, 0.2) is 72.8 Å². The molecule has 0 bridgehead atoms. The van der Waals surface area contributed by atoms with E-state index in [0.717, 1.165) is 22.7 Å². The van der Waals surface area contributed by atoms with Crippen LogP contribution in [-0.4, -0.2) is 43.6 Å². The fraction of sp³-hybridized carbons (Fsp3) is 0.269. The molecule has 1 aliphatic heterocycles. The molecule has 6 heteroatoms. The van der Waals surface area contributed by atoms with Crippen molar-refractivity contribution < 1.29 is 18.7 Å². The van der Waals surface area contributed by atoms with Crippen molar-refractivity contribution in [3.63, 3.8) is 0 Å². The minimum absolute atomic E-state index is 0.00670. The average molecular weight is 435 g/mol. The van der Waals surface area contributed by atoms with E-state index in [9.17, 15) is 9.18 Å². The van der Waals surface area contributed by atoms with Crippen molar-refractivity contribution in [2.45, 2.75) is 13.5 Å². The Hall–Kier alpha value is -3.54. The van der Waals surface area contributed by atoms with Gasteiger partial charge in [-0.2, -0.15) is 0 Å². The number of carbonyl (C=O) groups is 1. The molecule has 0 aliphatic carbocycles. The van der Waals surface area contributed by atoms with Crippen molar-refractivity contribution in [3.05, 3.63) is 89.7 Å². The van der Waals surface area contributed by atoms with Gasteiger partial charge in [-0.3, -0.25) is 4.79 Å². The van der Waals surface area contributed by atoms with Crippen LogP contribution < -0.4 is 14.4 Å². The first-order valence-corrected chi connectivity index (χ1v) is 10.9. The number of carbonyl (C=O) groups excluding carboxylic acids is 1. The average Bonchev–Trinajstić information content (AvgIpc) is 2.84. The summed E-state index contributed by atoms with van der Waals surface area (Å²) >= 11 is 0. The van der Waals surface area contributed by atoms with E-state index in [1.54, 1.807) is 12.1 Å². The topological polar surface area (TPSA) is 42.0 Å². The second-order valence-corrected chi connectivity index (χ2v) is 7.61. The first-order chi connectivity index (χ1) is 15.6. The Morgan fingerprint density at radius 3 is 2.31 bits per heavy atom. The van der Waals surface area contributed by atoms with Gasteiger partial charge in [0.1, 0.15) is 23.9 Å². The Labute approximate surface area is 188 Å². The lowest BCUT2D eigenvalue weighted by molar-refractivity contribution is 0.0746. The lowest BCUT2D eigenvalue weighted by Crippen LogP contribution is -2.48. The number of piperazine rings is 1.